The molecule has 0 aliphatic heterocycles. The van der Waals surface area contributed by atoms with Crippen LogP contribution in [0.4, 0.5) is 0 Å². The maximum Gasteiger partial charge on any atom is 0.326 e. The molecule has 0 aliphatic carbocycles. The molecule has 1 amide bonds. The van der Waals surface area contributed by atoms with Crippen molar-refractivity contribution in [1.82, 2.24) is 5.32 Å². The van der Waals surface area contributed by atoms with E-state index in [9.17, 15) is 14.4 Å². The Bertz CT molecular complexity index is 255. The van der Waals surface area contributed by atoms with Crippen LogP contribution in [0, 0.1) is 0 Å². The normalized spacial score (nSPS) is 11.8. The Morgan fingerprint density at radius 3 is 2.33 bits per heavy atom. The number of hydrogen-bond acceptors (Lipinski definition) is 4. The van der Waals surface area contributed by atoms with Gasteiger partial charge in [0.15, 0.2) is 0 Å². The van der Waals surface area contributed by atoms with Gasteiger partial charge in [0.05, 0.1) is 5.75 Å². The lowest BCUT2D eigenvalue weighted by molar-refractivity contribution is -0.141. The molecule has 0 bridgehead atoms. The van der Waals surface area contributed by atoms with E-state index in [0.29, 0.717) is 5.75 Å². The van der Waals surface area contributed by atoms with Gasteiger partial charge < -0.3 is 15.5 Å². The fourth-order valence-electron chi connectivity index (χ4n) is 0.863. The molecule has 0 radical (unpaired) electrons. The molecule has 0 fully saturated rings. The predicted molar refractivity (Wildman–Crippen MR) is 54.8 cm³/mol. The lowest BCUT2D eigenvalue weighted by atomic mass is 10.2. The second-order valence-electron chi connectivity index (χ2n) is 2.83. The molecule has 6 nitrogen and oxygen atoms in total. The van der Waals surface area contributed by atoms with Crippen molar-refractivity contribution in [2.24, 2.45) is 0 Å². The highest BCUT2D eigenvalue weighted by molar-refractivity contribution is 7.99. The van der Waals surface area contributed by atoms with Crippen LogP contribution in [0.1, 0.15) is 13.3 Å². The third-order valence-corrected chi connectivity index (χ3v) is 2.43. The molecule has 86 valence electrons. The van der Waals surface area contributed by atoms with Gasteiger partial charge in [0.1, 0.15) is 6.04 Å². The first-order chi connectivity index (χ1) is 6.93. The van der Waals surface area contributed by atoms with Crippen LogP contribution in [-0.2, 0) is 14.4 Å². The standard InChI is InChI=1S/C8H13NO5S/c1-5(10)9-6(8(13)14)2-3-15-4-7(11)12/h6H,2-4H2,1H3,(H,9,10)(H,11,12)(H,13,14)/t6-/m0/s1. The molecule has 0 aliphatic rings. The molecule has 0 spiro atoms. The van der Waals surface area contributed by atoms with Crippen LogP contribution in [-0.4, -0.2) is 45.6 Å². The van der Waals surface area contributed by atoms with Crippen LogP contribution < -0.4 is 5.32 Å². The summed E-state index contributed by atoms with van der Waals surface area (Å²) >= 11 is 1.12. The van der Waals surface area contributed by atoms with Gasteiger partial charge in [-0.05, 0) is 12.2 Å². The summed E-state index contributed by atoms with van der Waals surface area (Å²) in [5.41, 5.74) is 0. The van der Waals surface area contributed by atoms with E-state index in [0.717, 1.165) is 11.8 Å². The second kappa shape index (κ2) is 7.10. The van der Waals surface area contributed by atoms with E-state index in [2.05, 4.69) is 5.32 Å². The smallest absolute Gasteiger partial charge is 0.326 e. The number of carbonyl (C=O) groups is 3. The van der Waals surface area contributed by atoms with Crippen molar-refractivity contribution in [2.75, 3.05) is 11.5 Å². The van der Waals surface area contributed by atoms with Crippen molar-refractivity contribution >= 4 is 29.6 Å². The molecule has 3 N–H and O–H groups in total. The predicted octanol–water partition coefficient (Wildman–Crippen LogP) is -0.216. The monoisotopic (exact) mass is 235 g/mol. The first kappa shape index (κ1) is 13.8. The first-order valence-electron chi connectivity index (χ1n) is 4.23. The zero-order valence-corrected chi connectivity index (χ0v) is 9.04. The number of nitrogens with one attached hydrogen (secondary N) is 1. The summed E-state index contributed by atoms with van der Waals surface area (Å²) in [6.07, 6.45) is 0.215. The van der Waals surface area contributed by atoms with E-state index in [4.69, 9.17) is 10.2 Å². The third kappa shape index (κ3) is 7.80. The summed E-state index contributed by atoms with van der Waals surface area (Å²) in [6, 6.07) is -0.941. The summed E-state index contributed by atoms with van der Waals surface area (Å²) in [5.74, 6) is -2.14. The van der Waals surface area contributed by atoms with Crippen molar-refractivity contribution in [3.63, 3.8) is 0 Å². The van der Waals surface area contributed by atoms with Crippen molar-refractivity contribution in [3.05, 3.63) is 0 Å². The van der Waals surface area contributed by atoms with E-state index < -0.39 is 23.9 Å². The average Bonchev–Trinajstić information content (AvgIpc) is 2.08. The molecule has 0 aromatic carbocycles. The molecule has 0 heterocycles. The van der Waals surface area contributed by atoms with E-state index in [1.54, 1.807) is 0 Å². The third-order valence-electron chi connectivity index (χ3n) is 1.45. The number of carboxylic acids is 2. The van der Waals surface area contributed by atoms with Crippen LogP contribution in [0.3, 0.4) is 0 Å². The van der Waals surface area contributed by atoms with Crippen molar-refractivity contribution in [2.45, 2.75) is 19.4 Å². The lowest BCUT2D eigenvalue weighted by Gasteiger charge is -2.12. The Morgan fingerprint density at radius 1 is 1.33 bits per heavy atom. The Morgan fingerprint density at radius 2 is 1.93 bits per heavy atom. The maximum absolute atomic E-state index is 10.6. The molecule has 0 saturated heterocycles. The van der Waals surface area contributed by atoms with Crippen molar-refractivity contribution in [1.29, 1.82) is 0 Å². The Balaban J connectivity index is 3.81. The molecule has 15 heavy (non-hydrogen) atoms. The van der Waals surface area contributed by atoms with Gasteiger partial charge in [-0.25, -0.2) is 4.79 Å². The van der Waals surface area contributed by atoms with Crippen LogP contribution in [0.2, 0.25) is 0 Å². The van der Waals surface area contributed by atoms with Crippen LogP contribution in [0.5, 0.6) is 0 Å². The highest BCUT2D eigenvalue weighted by atomic mass is 32.2. The fourth-order valence-corrected chi connectivity index (χ4v) is 1.58. The highest BCUT2D eigenvalue weighted by Crippen LogP contribution is 2.05. The Labute approximate surface area is 91.0 Å². The number of hydrogen-bond donors (Lipinski definition) is 3. The van der Waals surface area contributed by atoms with Gasteiger partial charge >= 0.3 is 11.9 Å². The summed E-state index contributed by atoms with van der Waals surface area (Å²) in [7, 11) is 0. The van der Waals surface area contributed by atoms with Gasteiger partial charge in [0.2, 0.25) is 5.91 Å². The van der Waals surface area contributed by atoms with Gasteiger partial charge in [-0.2, -0.15) is 11.8 Å². The maximum atomic E-state index is 10.6. The van der Waals surface area contributed by atoms with Gasteiger partial charge in [-0.1, -0.05) is 0 Å². The molecule has 0 aromatic heterocycles. The summed E-state index contributed by atoms with van der Waals surface area (Å²) in [4.78, 5) is 31.4. The fraction of sp³-hybridized carbons (Fsp3) is 0.625. The van der Waals surface area contributed by atoms with Crippen molar-refractivity contribution < 1.29 is 24.6 Å². The molecular weight excluding hydrogens is 222 g/mol. The van der Waals surface area contributed by atoms with Gasteiger partial charge in [0.25, 0.3) is 0 Å². The largest absolute Gasteiger partial charge is 0.481 e. The summed E-state index contributed by atoms with van der Waals surface area (Å²) in [5, 5.41) is 19.3. The number of aliphatic carboxylic acids is 2. The number of carbonyl (C=O) groups excluding carboxylic acids is 1. The van der Waals surface area contributed by atoms with E-state index >= 15 is 0 Å². The summed E-state index contributed by atoms with van der Waals surface area (Å²) in [6.45, 7) is 1.24. The highest BCUT2D eigenvalue weighted by Gasteiger charge is 2.17. The van der Waals surface area contributed by atoms with E-state index in [-0.39, 0.29) is 12.2 Å². The minimum absolute atomic E-state index is 0.0631. The molecule has 0 unspecified atom stereocenters. The zero-order valence-electron chi connectivity index (χ0n) is 8.23. The van der Waals surface area contributed by atoms with Crippen LogP contribution in [0.25, 0.3) is 0 Å². The lowest BCUT2D eigenvalue weighted by Crippen LogP contribution is -2.39. The number of amides is 1. The summed E-state index contributed by atoms with van der Waals surface area (Å²) < 4.78 is 0. The minimum atomic E-state index is -1.11. The number of rotatable bonds is 7. The second-order valence-corrected chi connectivity index (χ2v) is 3.93. The molecule has 0 saturated carbocycles. The SMILES string of the molecule is CC(=O)N[C@@H](CCSCC(=O)O)C(=O)O. The molecule has 1 atom stereocenters. The van der Waals surface area contributed by atoms with Gasteiger partial charge in [0, 0.05) is 6.92 Å². The number of carboxylic acid groups (broad SMARTS) is 2. The Kier molecular flexibility index (Phi) is 6.52. The van der Waals surface area contributed by atoms with E-state index in [1.165, 1.54) is 6.92 Å². The average molecular weight is 235 g/mol. The van der Waals surface area contributed by atoms with Crippen molar-refractivity contribution in [3.8, 4) is 0 Å². The first-order valence-corrected chi connectivity index (χ1v) is 5.38. The molecule has 0 aromatic rings. The number of thioether (sulfide) groups is 1. The quantitative estimate of drug-likeness (QED) is 0.527. The zero-order chi connectivity index (χ0) is 11.8. The van der Waals surface area contributed by atoms with E-state index in [1.807, 2.05) is 0 Å². The topological polar surface area (TPSA) is 104 Å². The van der Waals surface area contributed by atoms with Gasteiger partial charge in [-0.3, -0.25) is 9.59 Å². The molecular formula is C8H13NO5S. The Hall–Kier alpha value is -1.24. The van der Waals surface area contributed by atoms with Crippen LogP contribution in [0.15, 0.2) is 0 Å². The molecule has 0 rings (SSSR count). The molecule has 7 heteroatoms. The minimum Gasteiger partial charge on any atom is -0.481 e. The van der Waals surface area contributed by atoms with Gasteiger partial charge in [-0.15, -0.1) is 0 Å². The van der Waals surface area contributed by atoms with Crippen LogP contribution >= 0.6 is 11.8 Å².